The van der Waals surface area contributed by atoms with Gasteiger partial charge in [0, 0.05) is 12.6 Å². The minimum atomic E-state index is -2.61. The lowest BCUT2D eigenvalue weighted by Gasteiger charge is -2.11. The average Bonchev–Trinajstić information content (AvgIpc) is 2.60. The van der Waals surface area contributed by atoms with Gasteiger partial charge in [-0.2, -0.15) is 0 Å². The first-order valence-electron chi connectivity index (χ1n) is 7.45. The lowest BCUT2D eigenvalue weighted by Crippen LogP contribution is -2.26. The Hall–Kier alpha value is -2.54. The molecule has 2 N–H and O–H groups in total. The van der Waals surface area contributed by atoms with E-state index in [1.165, 1.54) is 18.2 Å². The number of ether oxygens (including phenoxy) is 1. The van der Waals surface area contributed by atoms with Gasteiger partial charge in [0.05, 0.1) is 6.10 Å². The Morgan fingerprint density at radius 2 is 1.92 bits per heavy atom. The zero-order valence-electron chi connectivity index (χ0n) is 12.9. The Morgan fingerprint density at radius 3 is 2.62 bits per heavy atom. The van der Waals surface area contributed by atoms with Crippen LogP contribution < -0.4 is 10.1 Å². The molecule has 0 bridgehead atoms. The first kappa shape index (κ1) is 17.8. The highest BCUT2D eigenvalue weighted by Crippen LogP contribution is 2.15. The summed E-state index contributed by atoms with van der Waals surface area (Å²) in [5, 5.41) is 12.6. The van der Waals surface area contributed by atoms with Crippen molar-refractivity contribution >= 4 is 5.91 Å². The van der Waals surface area contributed by atoms with Crippen molar-refractivity contribution in [1.29, 1.82) is 0 Å². The van der Waals surface area contributed by atoms with Crippen LogP contribution in [0.5, 0.6) is 5.88 Å². The Kier molecular flexibility index (Phi) is 6.62. The van der Waals surface area contributed by atoms with Gasteiger partial charge in [0.25, 0.3) is 12.3 Å². The van der Waals surface area contributed by atoms with E-state index < -0.39 is 25.0 Å². The zero-order valence-corrected chi connectivity index (χ0v) is 12.9. The molecule has 1 amide bonds. The number of amides is 1. The molecule has 0 fully saturated rings. The van der Waals surface area contributed by atoms with Crippen LogP contribution in [0.25, 0.3) is 0 Å². The number of hydrogen-bond donors (Lipinski definition) is 2. The second-order valence-corrected chi connectivity index (χ2v) is 5.03. The van der Waals surface area contributed by atoms with E-state index in [9.17, 15) is 18.7 Å². The van der Waals surface area contributed by atoms with Crippen LogP contribution in [0.15, 0.2) is 48.5 Å². The second kappa shape index (κ2) is 8.93. The van der Waals surface area contributed by atoms with Crippen LogP contribution in [0.2, 0.25) is 0 Å². The molecule has 0 aliphatic carbocycles. The number of hydrogen-bond acceptors (Lipinski definition) is 4. The third-order valence-electron chi connectivity index (χ3n) is 3.20. The number of pyridine rings is 1. The molecule has 1 atom stereocenters. The molecule has 5 nitrogen and oxygen atoms in total. The Balaban J connectivity index is 1.83. The maximum absolute atomic E-state index is 12.1. The van der Waals surface area contributed by atoms with Gasteiger partial charge >= 0.3 is 0 Å². The molecule has 0 spiro atoms. The van der Waals surface area contributed by atoms with Crippen LogP contribution in [0.1, 0.15) is 28.6 Å². The van der Waals surface area contributed by atoms with E-state index in [0.29, 0.717) is 6.42 Å². The van der Waals surface area contributed by atoms with Crippen molar-refractivity contribution < 1.29 is 23.4 Å². The molecule has 1 aromatic heterocycles. The minimum absolute atomic E-state index is 0.0349. The van der Waals surface area contributed by atoms with Gasteiger partial charge in [0.1, 0.15) is 5.69 Å². The van der Waals surface area contributed by atoms with Crippen molar-refractivity contribution in [2.24, 2.45) is 0 Å². The maximum Gasteiger partial charge on any atom is 0.272 e. The predicted octanol–water partition coefficient (Wildman–Crippen LogP) is 2.58. The fourth-order valence-corrected chi connectivity index (χ4v) is 2.02. The summed E-state index contributed by atoms with van der Waals surface area (Å²) in [6.45, 7) is -0.528. The van der Waals surface area contributed by atoms with E-state index in [1.807, 2.05) is 18.2 Å². The number of nitrogens with one attached hydrogen (secondary N) is 1. The summed E-state index contributed by atoms with van der Waals surface area (Å²) in [6.07, 6.45) is -2.94. The lowest BCUT2D eigenvalue weighted by atomic mass is 10.1. The molecule has 0 aliphatic rings. The average molecular weight is 336 g/mol. The normalized spacial score (nSPS) is 12.0. The van der Waals surface area contributed by atoms with Gasteiger partial charge in [-0.15, -0.1) is 0 Å². The molecule has 128 valence electrons. The number of aromatic nitrogens is 1. The van der Waals surface area contributed by atoms with Crippen LogP contribution in [0.3, 0.4) is 0 Å². The number of alkyl halides is 2. The molecule has 1 unspecified atom stereocenters. The lowest BCUT2D eigenvalue weighted by molar-refractivity contribution is 0.0792. The molecular formula is C17H18F2N2O3. The van der Waals surface area contributed by atoms with Crippen molar-refractivity contribution in [3.05, 3.63) is 59.8 Å². The molecule has 1 aromatic carbocycles. The molecule has 7 heteroatoms. The number of carbonyl (C=O) groups is 1. The van der Waals surface area contributed by atoms with E-state index in [2.05, 4.69) is 10.3 Å². The fraction of sp³-hybridized carbons (Fsp3) is 0.294. The summed E-state index contributed by atoms with van der Waals surface area (Å²) in [7, 11) is 0. The number of nitrogens with zero attached hydrogens (tertiary/aromatic N) is 1. The third kappa shape index (κ3) is 5.58. The predicted molar refractivity (Wildman–Crippen MR) is 84.1 cm³/mol. The summed E-state index contributed by atoms with van der Waals surface area (Å²) in [4.78, 5) is 15.9. The van der Waals surface area contributed by atoms with Gasteiger partial charge in [0.15, 0.2) is 6.61 Å². The topological polar surface area (TPSA) is 71.5 Å². The van der Waals surface area contributed by atoms with Gasteiger partial charge in [-0.05, 0) is 18.1 Å². The SMILES string of the molecule is O=C(NCCC(O)c1ccccc1)c1cccc(OCC(F)F)n1. The summed E-state index contributed by atoms with van der Waals surface area (Å²) in [6, 6.07) is 13.5. The van der Waals surface area contributed by atoms with E-state index >= 15 is 0 Å². The smallest absolute Gasteiger partial charge is 0.272 e. The summed E-state index contributed by atoms with van der Waals surface area (Å²) in [5.41, 5.74) is 0.836. The molecule has 24 heavy (non-hydrogen) atoms. The van der Waals surface area contributed by atoms with Crippen molar-refractivity contribution in [3.8, 4) is 5.88 Å². The quantitative estimate of drug-likeness (QED) is 0.777. The van der Waals surface area contributed by atoms with Gasteiger partial charge in [-0.3, -0.25) is 4.79 Å². The highest BCUT2D eigenvalue weighted by atomic mass is 19.3. The Morgan fingerprint density at radius 1 is 1.17 bits per heavy atom. The molecule has 0 saturated carbocycles. The first-order chi connectivity index (χ1) is 11.6. The van der Waals surface area contributed by atoms with Gasteiger partial charge in [-0.1, -0.05) is 36.4 Å². The number of aliphatic hydroxyl groups is 1. The van der Waals surface area contributed by atoms with Gasteiger partial charge in [0.2, 0.25) is 5.88 Å². The highest BCUT2D eigenvalue weighted by Gasteiger charge is 2.11. The van der Waals surface area contributed by atoms with Crippen molar-refractivity contribution in [1.82, 2.24) is 10.3 Å². The van der Waals surface area contributed by atoms with Crippen LogP contribution in [0, 0.1) is 0 Å². The zero-order chi connectivity index (χ0) is 17.4. The van der Waals surface area contributed by atoms with Crippen LogP contribution in [0.4, 0.5) is 8.78 Å². The molecule has 2 aromatic rings. The number of carbonyl (C=O) groups excluding carboxylic acids is 1. The summed E-state index contributed by atoms with van der Waals surface area (Å²) in [5.74, 6) is -0.495. The number of halogens is 2. The molecule has 0 radical (unpaired) electrons. The van der Waals surface area contributed by atoms with Crippen LogP contribution >= 0.6 is 0 Å². The Bertz CT molecular complexity index is 653. The van der Waals surface area contributed by atoms with E-state index in [4.69, 9.17) is 4.74 Å². The van der Waals surface area contributed by atoms with Gasteiger partial charge in [-0.25, -0.2) is 13.8 Å². The van der Waals surface area contributed by atoms with E-state index in [0.717, 1.165) is 5.56 Å². The maximum atomic E-state index is 12.1. The minimum Gasteiger partial charge on any atom is -0.472 e. The molecular weight excluding hydrogens is 318 g/mol. The number of aliphatic hydroxyl groups excluding tert-OH is 1. The van der Waals surface area contributed by atoms with E-state index in [1.54, 1.807) is 12.1 Å². The molecule has 1 heterocycles. The van der Waals surface area contributed by atoms with Crippen LogP contribution in [-0.4, -0.2) is 35.6 Å². The van der Waals surface area contributed by atoms with E-state index in [-0.39, 0.29) is 18.1 Å². The monoisotopic (exact) mass is 336 g/mol. The van der Waals surface area contributed by atoms with Crippen molar-refractivity contribution in [2.45, 2.75) is 19.0 Å². The van der Waals surface area contributed by atoms with Crippen molar-refractivity contribution in [3.63, 3.8) is 0 Å². The largest absolute Gasteiger partial charge is 0.472 e. The number of rotatable bonds is 8. The number of benzene rings is 1. The highest BCUT2D eigenvalue weighted by molar-refractivity contribution is 5.92. The third-order valence-corrected chi connectivity index (χ3v) is 3.20. The van der Waals surface area contributed by atoms with Crippen LogP contribution in [-0.2, 0) is 0 Å². The molecule has 0 saturated heterocycles. The fourth-order valence-electron chi connectivity index (χ4n) is 2.02. The van der Waals surface area contributed by atoms with Gasteiger partial charge < -0.3 is 15.2 Å². The molecule has 2 rings (SSSR count). The Labute approximate surface area is 138 Å². The summed E-state index contributed by atoms with van der Waals surface area (Å²) >= 11 is 0. The second-order valence-electron chi connectivity index (χ2n) is 5.03. The first-order valence-corrected chi connectivity index (χ1v) is 7.45. The van der Waals surface area contributed by atoms with Crippen molar-refractivity contribution in [2.75, 3.05) is 13.2 Å². The molecule has 0 aliphatic heterocycles. The standard InChI is InChI=1S/C17H18F2N2O3/c18-15(19)11-24-16-8-4-7-13(21-16)17(23)20-10-9-14(22)12-5-2-1-3-6-12/h1-8,14-15,22H,9-11H2,(H,20,23). The summed E-state index contributed by atoms with van der Waals surface area (Å²) < 4.78 is 29.0.